The summed E-state index contributed by atoms with van der Waals surface area (Å²) in [5.74, 6) is -2.06. The lowest BCUT2D eigenvalue weighted by Crippen LogP contribution is -2.62. The Morgan fingerprint density at radius 3 is 2.50 bits per heavy atom. The van der Waals surface area contributed by atoms with Crippen LogP contribution >= 0.6 is 11.8 Å². The van der Waals surface area contributed by atoms with E-state index in [-0.39, 0.29) is 30.8 Å². The van der Waals surface area contributed by atoms with Gasteiger partial charge in [0.2, 0.25) is 0 Å². The normalized spacial score (nSPS) is 44.3. The second kappa shape index (κ2) is 8.44. The van der Waals surface area contributed by atoms with Crippen LogP contribution in [0.5, 0.6) is 0 Å². The van der Waals surface area contributed by atoms with Crippen molar-refractivity contribution >= 4 is 23.5 Å². The van der Waals surface area contributed by atoms with Gasteiger partial charge in [-0.05, 0) is 12.0 Å². The molecule has 0 spiro atoms. The van der Waals surface area contributed by atoms with Crippen molar-refractivity contribution in [3.63, 3.8) is 0 Å². The van der Waals surface area contributed by atoms with Crippen LogP contribution in [0, 0.1) is 29.1 Å². The molecule has 8 atom stereocenters. The van der Waals surface area contributed by atoms with Gasteiger partial charge >= 0.3 is 5.97 Å². The van der Waals surface area contributed by atoms with E-state index in [1.165, 1.54) is 11.8 Å². The van der Waals surface area contributed by atoms with E-state index >= 15 is 0 Å². The van der Waals surface area contributed by atoms with Crippen molar-refractivity contribution in [1.82, 2.24) is 0 Å². The maximum Gasteiger partial charge on any atom is 0.306 e. The first-order valence-electron chi connectivity index (χ1n) is 12.3. The highest BCUT2D eigenvalue weighted by Crippen LogP contribution is 2.75. The summed E-state index contributed by atoms with van der Waals surface area (Å²) in [5.41, 5.74) is -4.41. The zero-order valence-corrected chi connectivity index (χ0v) is 21.5. The molecule has 0 aliphatic heterocycles. The molecule has 2 fully saturated rings. The highest BCUT2D eigenvalue weighted by molar-refractivity contribution is 7.99. The van der Waals surface area contributed by atoms with Gasteiger partial charge in [0.25, 0.3) is 0 Å². The summed E-state index contributed by atoms with van der Waals surface area (Å²) in [4.78, 5) is 25.7. The fourth-order valence-corrected chi connectivity index (χ4v) is 7.86. The van der Waals surface area contributed by atoms with Crippen LogP contribution < -0.4 is 0 Å². The minimum Gasteiger partial charge on any atom is -0.459 e. The summed E-state index contributed by atoms with van der Waals surface area (Å²) < 4.78 is 5.84. The Morgan fingerprint density at radius 1 is 1.21 bits per heavy atom. The molecule has 0 bridgehead atoms. The smallest absolute Gasteiger partial charge is 0.306 e. The summed E-state index contributed by atoms with van der Waals surface area (Å²) in [6.45, 7) is 9.18. The van der Waals surface area contributed by atoms with Crippen LogP contribution in [0.2, 0.25) is 0 Å². The molecule has 0 aromatic heterocycles. The number of hydrogen-bond donors (Lipinski definition) is 4. The van der Waals surface area contributed by atoms with Crippen molar-refractivity contribution in [2.75, 3.05) is 18.1 Å². The maximum atomic E-state index is 13.2. The van der Waals surface area contributed by atoms with Gasteiger partial charge in [0, 0.05) is 53.4 Å². The molecule has 0 heterocycles. The Labute approximate surface area is 205 Å². The van der Waals surface area contributed by atoms with Gasteiger partial charge in [-0.3, -0.25) is 9.59 Å². The summed E-state index contributed by atoms with van der Waals surface area (Å²) in [5, 5.41) is 45.3. The molecule has 0 saturated heterocycles. The van der Waals surface area contributed by atoms with Crippen LogP contribution in [0.25, 0.3) is 0 Å². The minimum atomic E-state index is -1.85. The molecule has 4 rings (SSSR count). The SMILES string of the molecule is CCCC(=O)O[C@@H]1[C@@H](C)[C@]2(O)C3=CC(C)C(=O)[C@@]3(O)CC(CSCCO)=C[C@H]2[C@@H]2C(C)(C)[C@]12O. The van der Waals surface area contributed by atoms with Gasteiger partial charge < -0.3 is 25.2 Å². The Kier molecular flexibility index (Phi) is 6.43. The third kappa shape index (κ3) is 3.32. The average molecular weight is 495 g/mol. The number of thioether (sulfide) groups is 1. The van der Waals surface area contributed by atoms with Crippen LogP contribution in [0.15, 0.2) is 23.3 Å². The molecule has 0 amide bonds. The third-order valence-electron chi connectivity index (χ3n) is 8.90. The highest BCUT2D eigenvalue weighted by Gasteiger charge is 2.84. The monoisotopic (exact) mass is 494 g/mol. The molecule has 2 saturated carbocycles. The summed E-state index contributed by atoms with van der Waals surface area (Å²) in [6.07, 6.45) is 3.52. The Hall–Kier alpha value is -1.19. The molecule has 0 radical (unpaired) electrons. The van der Waals surface area contributed by atoms with E-state index in [0.717, 1.165) is 5.57 Å². The largest absolute Gasteiger partial charge is 0.459 e. The number of esters is 1. The van der Waals surface area contributed by atoms with Crippen molar-refractivity contribution in [3.8, 4) is 0 Å². The van der Waals surface area contributed by atoms with Crippen molar-refractivity contribution in [3.05, 3.63) is 23.3 Å². The number of ether oxygens (including phenoxy) is 1. The standard InChI is InChI=1S/C26H38O7S/c1-6-7-19(28)33-22-15(3)25(31)17(20-23(4,5)26(20,22)32)11-16(13-34-9-8-27)12-24(30)18(25)10-14(2)21(24)29/h10-11,14-15,17,20,22,27,30-32H,6-9,12-13H2,1-5H3/t14?,15-,17+,20-,22-,24-,25-,26-/m1/s1. The van der Waals surface area contributed by atoms with E-state index < -0.39 is 58.0 Å². The molecular formula is C26H38O7S. The fraction of sp³-hybridized carbons (Fsp3) is 0.769. The first kappa shape index (κ1) is 25.9. The van der Waals surface area contributed by atoms with Crippen molar-refractivity contribution < 1.29 is 34.8 Å². The number of ketones is 1. The van der Waals surface area contributed by atoms with E-state index in [4.69, 9.17) is 4.74 Å². The lowest BCUT2D eigenvalue weighted by molar-refractivity contribution is -0.193. The Bertz CT molecular complexity index is 941. The Morgan fingerprint density at radius 2 is 1.88 bits per heavy atom. The van der Waals surface area contributed by atoms with Crippen LogP contribution in [0.3, 0.4) is 0 Å². The molecule has 1 unspecified atom stereocenters. The summed E-state index contributed by atoms with van der Waals surface area (Å²) in [6, 6.07) is 0. The molecular weight excluding hydrogens is 456 g/mol. The zero-order chi connectivity index (χ0) is 25.3. The molecule has 4 aliphatic carbocycles. The number of hydrogen-bond acceptors (Lipinski definition) is 8. The minimum absolute atomic E-state index is 0.0218. The molecule has 0 aromatic carbocycles. The molecule has 4 aliphatic rings. The van der Waals surface area contributed by atoms with Crippen LogP contribution in [0.4, 0.5) is 0 Å². The summed E-state index contributed by atoms with van der Waals surface area (Å²) >= 11 is 1.50. The first-order valence-corrected chi connectivity index (χ1v) is 13.5. The molecule has 34 heavy (non-hydrogen) atoms. The number of allylic oxidation sites excluding steroid dienone is 1. The molecule has 0 aromatic rings. The predicted octanol–water partition coefficient (Wildman–Crippen LogP) is 2.01. The van der Waals surface area contributed by atoms with Crippen LogP contribution in [-0.2, 0) is 14.3 Å². The van der Waals surface area contributed by atoms with Gasteiger partial charge in [0.05, 0.1) is 6.61 Å². The van der Waals surface area contributed by atoms with E-state index in [1.807, 2.05) is 26.8 Å². The van der Waals surface area contributed by atoms with Crippen molar-refractivity contribution in [2.24, 2.45) is 29.1 Å². The predicted molar refractivity (Wildman–Crippen MR) is 129 cm³/mol. The number of carbonyl (C=O) groups excluding carboxylic acids is 2. The van der Waals surface area contributed by atoms with Crippen molar-refractivity contribution in [1.29, 1.82) is 0 Å². The second-order valence-corrected chi connectivity index (χ2v) is 12.3. The lowest BCUT2D eigenvalue weighted by Gasteiger charge is -2.50. The maximum absolute atomic E-state index is 13.2. The molecule has 7 nitrogen and oxygen atoms in total. The van der Waals surface area contributed by atoms with Gasteiger partial charge in [-0.25, -0.2) is 0 Å². The van der Waals surface area contributed by atoms with E-state index in [0.29, 0.717) is 17.9 Å². The number of aliphatic hydroxyl groups excluding tert-OH is 1. The fourth-order valence-electron chi connectivity index (χ4n) is 7.12. The van der Waals surface area contributed by atoms with E-state index in [1.54, 1.807) is 19.9 Å². The van der Waals surface area contributed by atoms with Crippen molar-refractivity contribution in [2.45, 2.75) is 76.8 Å². The summed E-state index contributed by atoms with van der Waals surface area (Å²) in [7, 11) is 0. The molecule has 190 valence electrons. The van der Waals surface area contributed by atoms with Gasteiger partial charge in [0.1, 0.15) is 17.3 Å². The van der Waals surface area contributed by atoms with E-state index in [2.05, 4.69) is 0 Å². The zero-order valence-electron chi connectivity index (χ0n) is 20.7. The average Bonchev–Trinajstić information content (AvgIpc) is 3.15. The quantitative estimate of drug-likeness (QED) is 0.241. The number of fused-ring (bicyclic) bond motifs is 5. The molecule has 8 heteroatoms. The van der Waals surface area contributed by atoms with Crippen LogP contribution in [-0.4, -0.2) is 73.2 Å². The lowest BCUT2D eigenvalue weighted by atomic mass is 9.61. The van der Waals surface area contributed by atoms with Gasteiger partial charge in [-0.15, -0.1) is 0 Å². The van der Waals surface area contributed by atoms with Gasteiger partial charge in [-0.2, -0.15) is 11.8 Å². The number of rotatable bonds is 7. The number of Topliss-reactive ketones (excluding diaryl/α,β-unsaturated/α-hetero) is 1. The number of carbonyl (C=O) groups is 2. The topological polar surface area (TPSA) is 124 Å². The van der Waals surface area contributed by atoms with Gasteiger partial charge in [0.15, 0.2) is 11.4 Å². The molecule has 4 N–H and O–H groups in total. The third-order valence-corrected chi connectivity index (χ3v) is 9.94. The number of aliphatic hydroxyl groups is 4. The second-order valence-electron chi connectivity index (χ2n) is 11.2. The van der Waals surface area contributed by atoms with Crippen LogP contribution in [0.1, 0.15) is 53.9 Å². The highest BCUT2D eigenvalue weighted by atomic mass is 32.2. The van der Waals surface area contributed by atoms with Gasteiger partial charge in [-0.1, -0.05) is 52.3 Å². The first-order chi connectivity index (χ1) is 15.8. The van der Waals surface area contributed by atoms with E-state index in [9.17, 15) is 30.0 Å². The Balaban J connectivity index is 1.86.